The minimum Gasteiger partial charge on any atom is -0.385 e. The summed E-state index contributed by atoms with van der Waals surface area (Å²) < 4.78 is 5.04. The predicted molar refractivity (Wildman–Crippen MR) is 120 cm³/mol. The van der Waals surface area contributed by atoms with Gasteiger partial charge in [0.15, 0.2) is 5.96 Å². The smallest absolute Gasteiger partial charge is 0.254 e. The fourth-order valence-electron chi connectivity index (χ4n) is 2.68. The number of nitrogens with zero attached hydrogens (tertiary/aromatic N) is 2. The summed E-state index contributed by atoms with van der Waals surface area (Å²) in [6.07, 6.45) is 0.909. The number of amides is 2. The van der Waals surface area contributed by atoms with Crippen LogP contribution in [-0.4, -0.2) is 69.1 Å². The number of hydrogen-bond acceptors (Lipinski definition) is 4. The molecule has 0 saturated carbocycles. The van der Waals surface area contributed by atoms with Gasteiger partial charge in [-0.2, -0.15) is 0 Å². The third kappa shape index (κ3) is 8.01. The summed E-state index contributed by atoms with van der Waals surface area (Å²) in [5, 5.41) is 9.19. The number of methoxy groups -OCH3 is 1. The molecular weight excluding hydrogens is 473 g/mol. The lowest BCUT2D eigenvalue weighted by atomic mass is 10.1. The molecule has 0 unspecified atom stereocenters. The third-order valence-corrected chi connectivity index (χ3v) is 4.11. The van der Waals surface area contributed by atoms with Crippen molar-refractivity contribution in [3.05, 3.63) is 35.4 Å². The molecule has 0 aliphatic carbocycles. The van der Waals surface area contributed by atoms with Gasteiger partial charge in [0.25, 0.3) is 5.91 Å². The van der Waals surface area contributed by atoms with Crippen LogP contribution in [0.2, 0.25) is 0 Å². The molecule has 0 atom stereocenters. The summed E-state index contributed by atoms with van der Waals surface area (Å²) >= 11 is 0. The molecule has 9 heteroatoms. The number of piperazine rings is 1. The van der Waals surface area contributed by atoms with Gasteiger partial charge in [0.05, 0.1) is 13.1 Å². The van der Waals surface area contributed by atoms with E-state index < -0.39 is 0 Å². The molecule has 1 aromatic carbocycles. The summed E-state index contributed by atoms with van der Waals surface area (Å²) in [4.78, 5) is 30.0. The van der Waals surface area contributed by atoms with E-state index in [0.29, 0.717) is 31.8 Å². The first-order valence-electron chi connectivity index (χ1n) is 9.30. The average molecular weight is 503 g/mol. The van der Waals surface area contributed by atoms with Gasteiger partial charge in [-0.05, 0) is 31.0 Å². The summed E-state index contributed by atoms with van der Waals surface area (Å²) in [6.45, 7) is 5.98. The second kappa shape index (κ2) is 13.3. The Hall–Kier alpha value is -1.88. The van der Waals surface area contributed by atoms with Gasteiger partial charge in [0.1, 0.15) is 0 Å². The first kappa shape index (κ1) is 24.2. The SMILES string of the molecule is CCNC(=NCc1ccc(C(=O)N2CCNC(=O)C2)cc1)NCCCOC.I. The van der Waals surface area contributed by atoms with Crippen molar-refractivity contribution in [2.75, 3.05) is 46.4 Å². The van der Waals surface area contributed by atoms with Gasteiger partial charge >= 0.3 is 0 Å². The average Bonchev–Trinajstić information content (AvgIpc) is 2.69. The van der Waals surface area contributed by atoms with Crippen LogP contribution in [0.5, 0.6) is 0 Å². The Balaban J connectivity index is 0.00000392. The van der Waals surface area contributed by atoms with E-state index in [4.69, 9.17) is 4.74 Å². The van der Waals surface area contributed by atoms with Crippen molar-refractivity contribution in [1.82, 2.24) is 20.9 Å². The number of hydrogen-bond donors (Lipinski definition) is 3. The normalized spacial score (nSPS) is 14.1. The van der Waals surface area contributed by atoms with Crippen molar-refractivity contribution in [3.8, 4) is 0 Å². The topological polar surface area (TPSA) is 95.1 Å². The number of benzene rings is 1. The predicted octanol–water partition coefficient (Wildman–Crippen LogP) is 0.968. The second-order valence-corrected chi connectivity index (χ2v) is 6.24. The van der Waals surface area contributed by atoms with Gasteiger partial charge in [0, 0.05) is 45.5 Å². The van der Waals surface area contributed by atoms with Crippen LogP contribution >= 0.6 is 24.0 Å². The van der Waals surface area contributed by atoms with Crippen molar-refractivity contribution in [3.63, 3.8) is 0 Å². The lowest BCUT2D eigenvalue weighted by Crippen LogP contribution is -2.49. The van der Waals surface area contributed by atoms with Gasteiger partial charge in [-0.1, -0.05) is 12.1 Å². The van der Waals surface area contributed by atoms with Gasteiger partial charge < -0.3 is 25.6 Å². The highest BCUT2D eigenvalue weighted by atomic mass is 127. The monoisotopic (exact) mass is 503 g/mol. The molecule has 156 valence electrons. The van der Waals surface area contributed by atoms with Crippen LogP contribution in [0.1, 0.15) is 29.3 Å². The molecule has 0 spiro atoms. The Morgan fingerprint density at radius 1 is 1.29 bits per heavy atom. The lowest BCUT2D eigenvalue weighted by molar-refractivity contribution is -0.123. The van der Waals surface area contributed by atoms with E-state index in [2.05, 4.69) is 20.9 Å². The van der Waals surface area contributed by atoms with Gasteiger partial charge in [-0.3, -0.25) is 9.59 Å². The first-order chi connectivity index (χ1) is 13.1. The van der Waals surface area contributed by atoms with E-state index >= 15 is 0 Å². The molecule has 1 aromatic rings. The molecule has 2 amide bonds. The maximum Gasteiger partial charge on any atom is 0.254 e. The highest BCUT2D eigenvalue weighted by Crippen LogP contribution is 2.09. The fourth-order valence-corrected chi connectivity index (χ4v) is 2.68. The molecule has 28 heavy (non-hydrogen) atoms. The largest absolute Gasteiger partial charge is 0.385 e. The number of guanidine groups is 1. The number of carbonyl (C=O) groups excluding carboxylic acids is 2. The van der Waals surface area contributed by atoms with E-state index in [0.717, 1.165) is 31.0 Å². The molecule has 3 N–H and O–H groups in total. The minimum atomic E-state index is -0.118. The number of halogens is 1. The molecule has 0 radical (unpaired) electrons. The molecule has 0 bridgehead atoms. The zero-order valence-electron chi connectivity index (χ0n) is 16.5. The Morgan fingerprint density at radius 3 is 2.68 bits per heavy atom. The maximum atomic E-state index is 12.5. The Labute approximate surface area is 183 Å². The molecule has 1 heterocycles. The van der Waals surface area contributed by atoms with E-state index in [-0.39, 0.29) is 42.3 Å². The summed E-state index contributed by atoms with van der Waals surface area (Å²) in [5.41, 5.74) is 1.60. The fraction of sp³-hybridized carbons (Fsp3) is 0.526. The third-order valence-electron chi connectivity index (χ3n) is 4.11. The Morgan fingerprint density at radius 2 is 2.04 bits per heavy atom. The molecule has 1 aliphatic rings. The van der Waals surface area contributed by atoms with E-state index in [1.54, 1.807) is 24.1 Å². The molecule has 8 nitrogen and oxygen atoms in total. The number of ether oxygens (including phenoxy) is 1. The van der Waals surface area contributed by atoms with Crippen LogP contribution in [-0.2, 0) is 16.1 Å². The molecular formula is C19H30IN5O3. The molecule has 0 aromatic heterocycles. The minimum absolute atomic E-state index is 0. The highest BCUT2D eigenvalue weighted by molar-refractivity contribution is 14.0. The van der Waals surface area contributed by atoms with Gasteiger partial charge in [-0.25, -0.2) is 4.99 Å². The van der Waals surface area contributed by atoms with Crippen LogP contribution in [0.3, 0.4) is 0 Å². The Bertz CT molecular complexity index is 651. The van der Waals surface area contributed by atoms with Crippen molar-refractivity contribution in [2.24, 2.45) is 4.99 Å². The number of aliphatic imine (C=N–C) groups is 1. The molecule has 1 aliphatic heterocycles. The first-order valence-corrected chi connectivity index (χ1v) is 9.30. The van der Waals surface area contributed by atoms with Crippen LogP contribution in [0.15, 0.2) is 29.3 Å². The van der Waals surface area contributed by atoms with Gasteiger partial charge in [-0.15, -0.1) is 24.0 Å². The maximum absolute atomic E-state index is 12.5. The van der Waals surface area contributed by atoms with Gasteiger partial charge in [0.2, 0.25) is 5.91 Å². The van der Waals surface area contributed by atoms with Crippen molar-refractivity contribution < 1.29 is 14.3 Å². The molecule has 1 saturated heterocycles. The van der Waals surface area contributed by atoms with Crippen LogP contribution in [0.4, 0.5) is 0 Å². The van der Waals surface area contributed by atoms with E-state index in [1.807, 2.05) is 19.1 Å². The van der Waals surface area contributed by atoms with Crippen molar-refractivity contribution in [1.29, 1.82) is 0 Å². The zero-order valence-corrected chi connectivity index (χ0v) is 18.8. The zero-order chi connectivity index (χ0) is 19.5. The van der Waals surface area contributed by atoms with Crippen molar-refractivity contribution >= 4 is 41.8 Å². The summed E-state index contributed by atoms with van der Waals surface area (Å²) in [7, 11) is 1.69. The van der Waals surface area contributed by atoms with Crippen molar-refractivity contribution in [2.45, 2.75) is 19.9 Å². The number of rotatable bonds is 8. The van der Waals surface area contributed by atoms with Crippen LogP contribution in [0.25, 0.3) is 0 Å². The second-order valence-electron chi connectivity index (χ2n) is 6.24. The highest BCUT2D eigenvalue weighted by Gasteiger charge is 2.21. The number of nitrogens with one attached hydrogen (secondary N) is 3. The van der Waals surface area contributed by atoms with Crippen LogP contribution in [0, 0.1) is 0 Å². The molecule has 2 rings (SSSR count). The summed E-state index contributed by atoms with van der Waals surface area (Å²) in [6, 6.07) is 7.38. The summed E-state index contributed by atoms with van der Waals surface area (Å²) in [5.74, 6) is 0.524. The van der Waals surface area contributed by atoms with E-state index in [1.165, 1.54) is 0 Å². The standard InChI is InChI=1S/C19H29N5O3.HI/c1-3-20-19(22-9-4-12-27-2)23-13-15-5-7-16(8-6-15)18(26)24-11-10-21-17(25)14-24;/h5-8H,3-4,9-14H2,1-2H3,(H,21,25)(H2,20,22,23);1H. The lowest BCUT2D eigenvalue weighted by Gasteiger charge is -2.26. The Kier molecular flexibility index (Phi) is 11.5. The number of carbonyl (C=O) groups is 2. The molecule has 1 fully saturated rings. The quantitative estimate of drug-likeness (QED) is 0.213. The van der Waals surface area contributed by atoms with Crippen LogP contribution < -0.4 is 16.0 Å². The van der Waals surface area contributed by atoms with E-state index in [9.17, 15) is 9.59 Å².